The second kappa shape index (κ2) is 7.62. The van der Waals surface area contributed by atoms with Crippen LogP contribution in [0.1, 0.15) is 26.2 Å². The maximum absolute atomic E-state index is 11.4. The smallest absolute Gasteiger partial charge is 0.303 e. The molecule has 0 aliphatic rings. The lowest BCUT2D eigenvalue weighted by molar-refractivity contribution is -0.137. The summed E-state index contributed by atoms with van der Waals surface area (Å²) in [6.45, 7) is 2.93. The Bertz CT molecular complexity index is 300. The van der Waals surface area contributed by atoms with Crippen molar-refractivity contribution in [3.63, 3.8) is 0 Å². The third kappa shape index (κ3) is 8.67. The molecule has 0 radical (unpaired) electrons. The molecule has 6 heteroatoms. The average Bonchev–Trinajstić information content (AvgIpc) is 2.14. The second-order valence-electron chi connectivity index (χ2n) is 3.95. The third-order valence-corrected chi connectivity index (χ3v) is 4.06. The first-order valence-electron chi connectivity index (χ1n) is 5.48. The van der Waals surface area contributed by atoms with Crippen LogP contribution >= 0.6 is 0 Å². The molecule has 5 nitrogen and oxygen atoms in total. The lowest BCUT2D eigenvalue weighted by Gasteiger charge is -2.15. The first-order valence-corrected chi connectivity index (χ1v) is 7.30. The van der Waals surface area contributed by atoms with E-state index in [1.54, 1.807) is 0 Å². The van der Waals surface area contributed by atoms with Gasteiger partial charge in [-0.15, -0.1) is 0 Å². The molecule has 0 aromatic carbocycles. The van der Waals surface area contributed by atoms with Gasteiger partial charge in [0.2, 0.25) is 0 Å². The summed E-state index contributed by atoms with van der Waals surface area (Å²) in [5.41, 5.74) is 0. The van der Waals surface area contributed by atoms with E-state index in [2.05, 4.69) is 0 Å². The second-order valence-corrected chi connectivity index (χ2v) is 6.26. The molecule has 0 saturated heterocycles. The van der Waals surface area contributed by atoms with Gasteiger partial charge in [0.25, 0.3) is 0 Å². The van der Waals surface area contributed by atoms with E-state index in [-0.39, 0.29) is 17.9 Å². The van der Waals surface area contributed by atoms with E-state index in [1.165, 1.54) is 0 Å². The van der Waals surface area contributed by atoms with Crippen LogP contribution < -0.4 is 0 Å². The van der Waals surface area contributed by atoms with Crippen molar-refractivity contribution in [3.05, 3.63) is 0 Å². The fourth-order valence-electron chi connectivity index (χ4n) is 1.32. The summed E-state index contributed by atoms with van der Waals surface area (Å²) in [7, 11) is -1.12. The molecule has 0 amide bonds. The number of nitrogens with zero attached hydrogens (tertiary/aromatic N) is 1. The molecule has 0 aromatic rings. The highest BCUT2D eigenvalue weighted by Crippen LogP contribution is 1.97. The lowest BCUT2D eigenvalue weighted by Crippen LogP contribution is -2.27. The van der Waals surface area contributed by atoms with E-state index < -0.39 is 15.8 Å². The van der Waals surface area contributed by atoms with Gasteiger partial charge in [0, 0.05) is 18.7 Å². The maximum Gasteiger partial charge on any atom is 0.303 e. The normalized spacial score (nSPS) is 11.9. The van der Waals surface area contributed by atoms with Gasteiger partial charge in [-0.1, -0.05) is 6.92 Å². The largest absolute Gasteiger partial charge is 0.481 e. The molecular formula is C10H21NO4S. The number of sulfone groups is 1. The molecule has 96 valence electrons. The summed E-state index contributed by atoms with van der Waals surface area (Å²) in [5, 5.41) is 8.44. The number of carbonyl (C=O) groups is 1. The molecule has 0 heterocycles. The first kappa shape index (κ1) is 15.4. The minimum Gasteiger partial charge on any atom is -0.481 e. The van der Waals surface area contributed by atoms with Crippen LogP contribution in [0, 0.1) is 0 Å². The van der Waals surface area contributed by atoms with Crippen LogP contribution in [0.15, 0.2) is 0 Å². The zero-order chi connectivity index (χ0) is 12.6. The number of carboxylic acids is 1. The van der Waals surface area contributed by atoms with Gasteiger partial charge in [-0.25, -0.2) is 8.42 Å². The topological polar surface area (TPSA) is 74.7 Å². The van der Waals surface area contributed by atoms with Crippen molar-refractivity contribution in [3.8, 4) is 0 Å². The Morgan fingerprint density at radius 2 is 1.88 bits per heavy atom. The van der Waals surface area contributed by atoms with E-state index in [1.807, 2.05) is 18.9 Å². The minimum atomic E-state index is -2.93. The summed E-state index contributed by atoms with van der Waals surface area (Å²) in [6, 6.07) is 0. The average molecular weight is 251 g/mol. The van der Waals surface area contributed by atoms with Crippen LogP contribution in [0.2, 0.25) is 0 Å². The summed E-state index contributed by atoms with van der Waals surface area (Å²) in [4.78, 5) is 12.1. The van der Waals surface area contributed by atoms with Crippen molar-refractivity contribution in [1.82, 2.24) is 4.90 Å². The Kier molecular flexibility index (Phi) is 7.33. The summed E-state index contributed by atoms with van der Waals surface area (Å²) >= 11 is 0. The van der Waals surface area contributed by atoms with Gasteiger partial charge >= 0.3 is 5.97 Å². The fraction of sp³-hybridized carbons (Fsp3) is 0.900. The molecule has 0 fully saturated rings. The van der Waals surface area contributed by atoms with Gasteiger partial charge in [-0.05, 0) is 26.4 Å². The molecule has 0 bridgehead atoms. The van der Waals surface area contributed by atoms with Crippen molar-refractivity contribution >= 4 is 15.8 Å². The molecule has 0 aliphatic carbocycles. The van der Waals surface area contributed by atoms with Crippen molar-refractivity contribution in [1.29, 1.82) is 0 Å². The predicted octanol–water partition coefficient (Wildman–Crippen LogP) is 0.608. The quantitative estimate of drug-likeness (QED) is 0.650. The molecule has 0 atom stereocenters. The number of hydrogen-bond donors (Lipinski definition) is 1. The molecular weight excluding hydrogens is 230 g/mol. The van der Waals surface area contributed by atoms with Crippen LogP contribution in [-0.4, -0.2) is 56.0 Å². The third-order valence-electron chi connectivity index (χ3n) is 2.23. The highest BCUT2D eigenvalue weighted by Gasteiger charge is 2.10. The number of hydrogen-bond acceptors (Lipinski definition) is 4. The zero-order valence-corrected chi connectivity index (χ0v) is 10.8. The highest BCUT2D eigenvalue weighted by molar-refractivity contribution is 7.91. The van der Waals surface area contributed by atoms with Gasteiger partial charge in [0.1, 0.15) is 0 Å². The minimum absolute atomic E-state index is 0.131. The number of carboxylic acid groups (broad SMARTS) is 1. The lowest BCUT2D eigenvalue weighted by atomic mass is 10.3. The van der Waals surface area contributed by atoms with Crippen LogP contribution in [0.5, 0.6) is 0 Å². The van der Waals surface area contributed by atoms with Gasteiger partial charge in [0.15, 0.2) is 9.84 Å². The Morgan fingerprint density at radius 1 is 1.25 bits per heavy atom. The number of aliphatic carboxylic acids is 1. The van der Waals surface area contributed by atoms with Gasteiger partial charge in [-0.3, -0.25) is 4.79 Å². The molecule has 0 saturated carbocycles. The van der Waals surface area contributed by atoms with Crippen molar-refractivity contribution in [2.45, 2.75) is 26.2 Å². The van der Waals surface area contributed by atoms with Crippen molar-refractivity contribution in [2.75, 3.05) is 31.6 Å². The predicted molar refractivity (Wildman–Crippen MR) is 63.3 cm³/mol. The van der Waals surface area contributed by atoms with Crippen LogP contribution in [0.4, 0.5) is 0 Å². The monoisotopic (exact) mass is 251 g/mol. The summed E-state index contributed by atoms with van der Waals surface area (Å²) in [6.07, 6.45) is 1.33. The molecule has 0 unspecified atom stereocenters. The zero-order valence-electron chi connectivity index (χ0n) is 9.98. The molecule has 16 heavy (non-hydrogen) atoms. The summed E-state index contributed by atoms with van der Waals surface area (Å²) < 4.78 is 22.8. The number of rotatable bonds is 9. The fourth-order valence-corrected chi connectivity index (χ4v) is 2.74. The van der Waals surface area contributed by atoms with E-state index >= 15 is 0 Å². The van der Waals surface area contributed by atoms with Crippen LogP contribution in [-0.2, 0) is 14.6 Å². The Labute approximate surface area is 97.4 Å². The van der Waals surface area contributed by atoms with Gasteiger partial charge in [-0.2, -0.15) is 0 Å². The van der Waals surface area contributed by atoms with Crippen LogP contribution in [0.25, 0.3) is 0 Å². The Morgan fingerprint density at radius 3 is 2.38 bits per heavy atom. The Hall–Kier alpha value is -0.620. The van der Waals surface area contributed by atoms with Crippen LogP contribution in [0.3, 0.4) is 0 Å². The van der Waals surface area contributed by atoms with Crippen molar-refractivity contribution < 1.29 is 18.3 Å². The van der Waals surface area contributed by atoms with E-state index in [9.17, 15) is 13.2 Å². The maximum atomic E-state index is 11.4. The molecule has 1 N–H and O–H groups in total. The van der Waals surface area contributed by atoms with E-state index in [0.29, 0.717) is 25.9 Å². The molecule has 0 spiro atoms. The SMILES string of the molecule is CCCS(=O)(=O)CCN(C)CCCC(=O)O. The molecule has 0 aromatic heterocycles. The standard InChI is InChI=1S/C10H21NO4S/c1-3-8-16(14,15)9-7-11(2)6-4-5-10(12)13/h3-9H2,1-2H3,(H,12,13). The Balaban J connectivity index is 3.72. The highest BCUT2D eigenvalue weighted by atomic mass is 32.2. The molecule has 0 rings (SSSR count). The van der Waals surface area contributed by atoms with Gasteiger partial charge in [0.05, 0.1) is 5.75 Å². The van der Waals surface area contributed by atoms with E-state index in [4.69, 9.17) is 5.11 Å². The van der Waals surface area contributed by atoms with Gasteiger partial charge < -0.3 is 10.0 Å². The van der Waals surface area contributed by atoms with Crippen molar-refractivity contribution in [2.24, 2.45) is 0 Å². The first-order chi connectivity index (χ1) is 7.37. The molecule has 0 aliphatic heterocycles. The van der Waals surface area contributed by atoms with E-state index in [0.717, 1.165) is 0 Å². The summed E-state index contributed by atoms with van der Waals surface area (Å²) in [5.74, 6) is -0.424.